The zero-order valence-corrected chi connectivity index (χ0v) is 13.7. The Labute approximate surface area is 117 Å². The second kappa shape index (κ2) is 5.32. The zero-order valence-electron chi connectivity index (χ0n) is 7.37. The molecule has 1 nitrogen and oxygen atoms in total. The Morgan fingerprint density at radius 1 is 1.00 bits per heavy atom. The van der Waals surface area contributed by atoms with Crippen LogP contribution >= 0.6 is 63.7 Å². The number of phenols is 1. The van der Waals surface area contributed by atoms with Crippen molar-refractivity contribution < 1.29 is 5.11 Å². The maximum Gasteiger partial charge on any atom is 0.124 e. The van der Waals surface area contributed by atoms with Gasteiger partial charge in [0, 0.05) is 30.7 Å². The molecule has 0 fully saturated rings. The first-order chi connectivity index (χ1) is 6.54. The van der Waals surface area contributed by atoms with Crippen LogP contribution in [0.1, 0.15) is 16.7 Å². The molecule has 0 heterocycles. The smallest absolute Gasteiger partial charge is 0.124 e. The van der Waals surface area contributed by atoms with Gasteiger partial charge in [0.05, 0.1) is 0 Å². The fraction of sp³-hybridized carbons (Fsp3) is 0.333. The molecule has 1 rings (SSSR count). The van der Waals surface area contributed by atoms with Crippen LogP contribution in [0, 0.1) is 6.92 Å². The Hall–Kier alpha value is 0.940. The van der Waals surface area contributed by atoms with Crippen molar-refractivity contribution in [2.45, 2.75) is 17.6 Å². The number of hydrogen-bond acceptors (Lipinski definition) is 1. The van der Waals surface area contributed by atoms with Gasteiger partial charge < -0.3 is 5.11 Å². The summed E-state index contributed by atoms with van der Waals surface area (Å²) in [6, 6.07) is 0. The fourth-order valence-electron chi connectivity index (χ4n) is 1.18. The first-order valence-electron chi connectivity index (χ1n) is 3.84. The van der Waals surface area contributed by atoms with Gasteiger partial charge in [0.1, 0.15) is 5.75 Å². The molecule has 0 aliphatic carbocycles. The van der Waals surface area contributed by atoms with Gasteiger partial charge in [-0.2, -0.15) is 0 Å². The number of alkyl halides is 2. The molecule has 0 aromatic heterocycles. The van der Waals surface area contributed by atoms with E-state index < -0.39 is 0 Å². The highest BCUT2D eigenvalue weighted by Crippen LogP contribution is 2.41. The minimum Gasteiger partial charge on any atom is -0.507 e. The van der Waals surface area contributed by atoms with E-state index in [4.69, 9.17) is 0 Å². The van der Waals surface area contributed by atoms with E-state index in [1.807, 2.05) is 6.92 Å². The summed E-state index contributed by atoms with van der Waals surface area (Å²) in [5, 5.41) is 11.3. The molecule has 0 aliphatic rings. The van der Waals surface area contributed by atoms with Crippen molar-refractivity contribution in [3.05, 3.63) is 25.6 Å². The minimum absolute atomic E-state index is 0.338. The number of halogens is 4. The van der Waals surface area contributed by atoms with Crippen LogP contribution in [0.25, 0.3) is 0 Å². The van der Waals surface area contributed by atoms with E-state index in [0.29, 0.717) is 11.1 Å². The largest absolute Gasteiger partial charge is 0.507 e. The van der Waals surface area contributed by atoms with Gasteiger partial charge in [-0.15, -0.1) is 0 Å². The molecule has 5 heteroatoms. The fourth-order valence-corrected chi connectivity index (χ4v) is 4.87. The van der Waals surface area contributed by atoms with Crippen molar-refractivity contribution in [1.29, 1.82) is 0 Å². The second-order valence-corrected chi connectivity index (χ2v) is 5.53. The summed E-state index contributed by atoms with van der Waals surface area (Å²) in [7, 11) is 0. The van der Waals surface area contributed by atoms with E-state index in [9.17, 15) is 5.11 Å². The third kappa shape index (κ3) is 2.20. The number of rotatable bonds is 2. The first kappa shape index (κ1) is 13.0. The molecule has 1 N–H and O–H groups in total. The molecule has 0 amide bonds. The quantitative estimate of drug-likeness (QED) is 0.626. The first-order valence-corrected chi connectivity index (χ1v) is 7.67. The molecule has 14 heavy (non-hydrogen) atoms. The number of aromatic hydroxyl groups is 1. The standard InChI is InChI=1S/C9H8Br4O/c1-4-7(12)5(2-10)8(13)6(3-11)9(4)14/h14H,2-3H2,1H3. The summed E-state index contributed by atoms with van der Waals surface area (Å²) >= 11 is 13.7. The van der Waals surface area contributed by atoms with Crippen LogP contribution in [-0.4, -0.2) is 5.11 Å². The summed E-state index contributed by atoms with van der Waals surface area (Å²) in [6.45, 7) is 1.89. The lowest BCUT2D eigenvalue weighted by molar-refractivity contribution is 0.465. The van der Waals surface area contributed by atoms with Gasteiger partial charge in [-0.25, -0.2) is 0 Å². The summed E-state index contributed by atoms with van der Waals surface area (Å²) in [4.78, 5) is 0. The average Bonchev–Trinajstić information content (AvgIpc) is 2.16. The highest BCUT2D eigenvalue weighted by Gasteiger charge is 2.17. The maximum atomic E-state index is 9.87. The molecule has 1 aromatic rings. The van der Waals surface area contributed by atoms with Crippen molar-refractivity contribution in [1.82, 2.24) is 0 Å². The number of benzene rings is 1. The SMILES string of the molecule is Cc1c(O)c(CBr)c(Br)c(CBr)c1Br. The Bertz CT molecular complexity index is 331. The predicted octanol–water partition coefficient (Wildman–Crippen LogP) is 5.02. The van der Waals surface area contributed by atoms with Crippen LogP contribution in [0.3, 0.4) is 0 Å². The monoisotopic (exact) mass is 448 g/mol. The van der Waals surface area contributed by atoms with Crippen LogP contribution in [0.2, 0.25) is 0 Å². The highest BCUT2D eigenvalue weighted by atomic mass is 79.9. The third-order valence-electron chi connectivity index (χ3n) is 2.03. The van der Waals surface area contributed by atoms with Gasteiger partial charge in [-0.05, 0) is 28.4 Å². The Kier molecular flexibility index (Phi) is 4.95. The molecular weight excluding hydrogens is 444 g/mol. The molecule has 0 aliphatic heterocycles. The Balaban J connectivity index is 3.56. The molecule has 0 bridgehead atoms. The molecule has 0 radical (unpaired) electrons. The van der Waals surface area contributed by atoms with Crippen LogP contribution in [-0.2, 0) is 10.7 Å². The molecule has 0 unspecified atom stereocenters. The Morgan fingerprint density at radius 3 is 1.93 bits per heavy atom. The van der Waals surface area contributed by atoms with Crippen LogP contribution in [0.4, 0.5) is 0 Å². The van der Waals surface area contributed by atoms with E-state index in [-0.39, 0.29) is 0 Å². The topological polar surface area (TPSA) is 20.2 Å². The van der Waals surface area contributed by atoms with E-state index in [1.165, 1.54) is 0 Å². The summed E-state index contributed by atoms with van der Waals surface area (Å²) in [5.41, 5.74) is 2.88. The van der Waals surface area contributed by atoms with Gasteiger partial charge in [0.2, 0.25) is 0 Å². The van der Waals surface area contributed by atoms with E-state index in [2.05, 4.69) is 63.7 Å². The summed E-state index contributed by atoms with van der Waals surface area (Å²) in [5.74, 6) is 0.338. The van der Waals surface area contributed by atoms with Crippen molar-refractivity contribution in [3.8, 4) is 5.75 Å². The van der Waals surface area contributed by atoms with Crippen molar-refractivity contribution in [2.75, 3.05) is 0 Å². The Morgan fingerprint density at radius 2 is 1.50 bits per heavy atom. The highest BCUT2D eigenvalue weighted by molar-refractivity contribution is 9.11. The van der Waals surface area contributed by atoms with Crippen molar-refractivity contribution in [2.24, 2.45) is 0 Å². The molecule has 0 spiro atoms. The lowest BCUT2D eigenvalue weighted by atomic mass is 10.1. The molecule has 0 saturated carbocycles. The van der Waals surface area contributed by atoms with E-state index >= 15 is 0 Å². The van der Waals surface area contributed by atoms with E-state index in [1.54, 1.807) is 0 Å². The normalized spacial score (nSPS) is 10.6. The molecule has 1 aromatic carbocycles. The average molecular weight is 452 g/mol. The lowest BCUT2D eigenvalue weighted by Gasteiger charge is -2.14. The van der Waals surface area contributed by atoms with Crippen LogP contribution < -0.4 is 0 Å². The number of phenolic OH excluding ortho intramolecular Hbond substituents is 1. The van der Waals surface area contributed by atoms with Gasteiger partial charge in [0.15, 0.2) is 0 Å². The van der Waals surface area contributed by atoms with Gasteiger partial charge in [-0.3, -0.25) is 0 Å². The van der Waals surface area contributed by atoms with Gasteiger partial charge >= 0.3 is 0 Å². The molecular formula is C9H8Br4O. The van der Waals surface area contributed by atoms with Crippen molar-refractivity contribution >= 4 is 63.7 Å². The lowest BCUT2D eigenvalue weighted by Crippen LogP contribution is -1.94. The zero-order chi connectivity index (χ0) is 10.9. The van der Waals surface area contributed by atoms with Gasteiger partial charge in [0.25, 0.3) is 0 Å². The summed E-state index contributed by atoms with van der Waals surface area (Å²) < 4.78 is 1.89. The predicted molar refractivity (Wildman–Crippen MR) is 73.5 cm³/mol. The van der Waals surface area contributed by atoms with E-state index in [0.717, 1.165) is 31.0 Å². The summed E-state index contributed by atoms with van der Waals surface area (Å²) in [6.07, 6.45) is 0. The molecule has 0 saturated heterocycles. The molecule has 0 atom stereocenters. The second-order valence-electron chi connectivity index (χ2n) is 2.83. The van der Waals surface area contributed by atoms with Crippen LogP contribution in [0.5, 0.6) is 5.75 Å². The molecule has 78 valence electrons. The van der Waals surface area contributed by atoms with Gasteiger partial charge in [-0.1, -0.05) is 47.8 Å². The minimum atomic E-state index is 0.338. The third-order valence-corrected chi connectivity index (χ3v) is 5.18. The van der Waals surface area contributed by atoms with Crippen molar-refractivity contribution in [3.63, 3.8) is 0 Å². The van der Waals surface area contributed by atoms with Crippen LogP contribution in [0.15, 0.2) is 8.95 Å². The maximum absolute atomic E-state index is 9.87. The number of hydrogen-bond donors (Lipinski definition) is 1.